The smallest absolute Gasteiger partial charge is 0.323 e. The van der Waals surface area contributed by atoms with Crippen molar-refractivity contribution in [2.24, 2.45) is 0 Å². The van der Waals surface area contributed by atoms with Crippen LogP contribution in [0.5, 0.6) is 0 Å². The molecule has 1 aliphatic heterocycles. The average Bonchev–Trinajstić information content (AvgIpc) is 3.23. The lowest BCUT2D eigenvalue weighted by Gasteiger charge is -2.29. The number of nitrogens with one attached hydrogen (secondary N) is 2. The number of halogens is 1. The van der Waals surface area contributed by atoms with E-state index in [0.29, 0.717) is 24.5 Å². The number of carbonyl (C=O) groups is 2. The summed E-state index contributed by atoms with van der Waals surface area (Å²) >= 11 is 1.44. The molecule has 2 heterocycles. The third-order valence-electron chi connectivity index (χ3n) is 4.60. The molecule has 0 atom stereocenters. The average molecular weight is 395 g/mol. The lowest BCUT2D eigenvalue weighted by molar-refractivity contribution is 0.0739. The van der Waals surface area contributed by atoms with Gasteiger partial charge in [0.1, 0.15) is 5.82 Å². The van der Waals surface area contributed by atoms with Crippen LogP contribution in [0.1, 0.15) is 20.8 Å². The molecule has 2 N–H and O–H groups in total. The van der Waals surface area contributed by atoms with Gasteiger partial charge in [-0.15, -0.1) is 11.3 Å². The van der Waals surface area contributed by atoms with Gasteiger partial charge in [-0.25, -0.2) is 9.18 Å². The highest BCUT2D eigenvalue weighted by Gasteiger charge is 2.22. The fourth-order valence-corrected chi connectivity index (χ4v) is 3.88. The number of hydrogen-bond donors (Lipinski definition) is 2. The minimum atomic E-state index is -0.408. The highest BCUT2D eigenvalue weighted by molar-refractivity contribution is 7.12. The fraction of sp³-hybridized carbons (Fsp3) is 0.143. The van der Waals surface area contributed by atoms with Gasteiger partial charge in [0.15, 0.2) is 0 Å². The van der Waals surface area contributed by atoms with E-state index in [1.807, 2.05) is 40.6 Å². The van der Waals surface area contributed by atoms with Gasteiger partial charge in [0.2, 0.25) is 0 Å². The summed E-state index contributed by atoms with van der Waals surface area (Å²) in [6.07, 6.45) is 0.786. The zero-order valence-electron chi connectivity index (χ0n) is 14.9. The van der Waals surface area contributed by atoms with Gasteiger partial charge in [0.25, 0.3) is 5.91 Å². The third kappa shape index (κ3) is 4.04. The minimum Gasteiger partial charge on any atom is -0.333 e. The van der Waals surface area contributed by atoms with Gasteiger partial charge in [-0.3, -0.25) is 4.79 Å². The van der Waals surface area contributed by atoms with E-state index in [1.54, 1.807) is 0 Å². The monoisotopic (exact) mass is 395 g/mol. The Morgan fingerprint density at radius 1 is 0.964 bits per heavy atom. The van der Waals surface area contributed by atoms with E-state index in [1.165, 1.54) is 41.2 Å². The number of carbonyl (C=O) groups excluding carboxylic acids is 2. The number of amides is 3. The molecule has 1 aliphatic rings. The Balaban J connectivity index is 1.43. The highest BCUT2D eigenvalue weighted by Crippen LogP contribution is 2.25. The molecular formula is C21H18FN3O2S. The number of benzene rings is 2. The number of urea groups is 1. The van der Waals surface area contributed by atoms with Crippen molar-refractivity contribution in [1.82, 2.24) is 4.90 Å². The minimum absolute atomic E-state index is 0.0352. The van der Waals surface area contributed by atoms with Crippen LogP contribution in [0.25, 0.3) is 0 Å². The Morgan fingerprint density at radius 2 is 1.71 bits per heavy atom. The molecule has 5 nitrogen and oxygen atoms in total. The maximum atomic E-state index is 13.0. The summed E-state index contributed by atoms with van der Waals surface area (Å²) in [7, 11) is 0. The predicted molar refractivity (Wildman–Crippen MR) is 108 cm³/mol. The molecule has 0 radical (unpaired) electrons. The molecule has 0 bridgehead atoms. The van der Waals surface area contributed by atoms with Gasteiger partial charge in [-0.2, -0.15) is 0 Å². The molecule has 3 aromatic rings. The first-order valence-corrected chi connectivity index (χ1v) is 9.74. The van der Waals surface area contributed by atoms with Crippen LogP contribution in [0, 0.1) is 5.82 Å². The van der Waals surface area contributed by atoms with Gasteiger partial charge in [-0.05, 0) is 65.4 Å². The van der Waals surface area contributed by atoms with Crippen molar-refractivity contribution in [1.29, 1.82) is 0 Å². The van der Waals surface area contributed by atoms with Gasteiger partial charge < -0.3 is 15.5 Å². The molecule has 0 unspecified atom stereocenters. The van der Waals surface area contributed by atoms with Crippen LogP contribution < -0.4 is 10.6 Å². The molecule has 4 rings (SSSR count). The Labute approximate surface area is 165 Å². The Bertz CT molecular complexity index is 1000. The Morgan fingerprint density at radius 3 is 2.46 bits per heavy atom. The van der Waals surface area contributed by atoms with E-state index in [2.05, 4.69) is 10.6 Å². The molecule has 28 heavy (non-hydrogen) atoms. The number of rotatable bonds is 3. The van der Waals surface area contributed by atoms with Crippen LogP contribution in [0.3, 0.4) is 0 Å². The third-order valence-corrected chi connectivity index (χ3v) is 5.46. The summed E-state index contributed by atoms with van der Waals surface area (Å²) in [5, 5.41) is 7.34. The highest BCUT2D eigenvalue weighted by atomic mass is 32.1. The SMILES string of the molecule is O=C(Nc1ccc(F)cc1)Nc1ccc2c(c1)CN(C(=O)c1cccs1)CC2. The van der Waals surface area contributed by atoms with E-state index >= 15 is 0 Å². The summed E-state index contributed by atoms with van der Waals surface area (Å²) in [5.41, 5.74) is 3.35. The number of thiophene rings is 1. The normalized spacial score (nSPS) is 13.0. The largest absolute Gasteiger partial charge is 0.333 e. The number of hydrogen-bond acceptors (Lipinski definition) is 3. The lowest BCUT2D eigenvalue weighted by Crippen LogP contribution is -2.35. The zero-order chi connectivity index (χ0) is 19.5. The molecule has 142 valence electrons. The van der Waals surface area contributed by atoms with E-state index in [-0.39, 0.29) is 11.7 Å². The van der Waals surface area contributed by atoms with Crippen molar-refractivity contribution in [3.8, 4) is 0 Å². The summed E-state index contributed by atoms with van der Waals surface area (Å²) in [6, 6.07) is 14.6. The second kappa shape index (κ2) is 7.82. The standard InChI is InChI=1S/C21H18FN3O2S/c22-16-4-7-17(8-5-16)23-21(27)24-18-6-3-14-9-10-25(13-15(14)12-18)20(26)19-2-1-11-28-19/h1-8,11-12H,9-10,13H2,(H2,23,24,27). The molecule has 0 fully saturated rings. The first-order chi connectivity index (χ1) is 13.6. The summed E-state index contributed by atoms with van der Waals surface area (Å²) in [4.78, 5) is 27.3. The van der Waals surface area contributed by atoms with Crippen molar-refractivity contribution in [2.75, 3.05) is 17.2 Å². The Hall–Kier alpha value is -3.19. The van der Waals surface area contributed by atoms with E-state index in [0.717, 1.165) is 16.9 Å². The molecule has 0 saturated heterocycles. The fourth-order valence-electron chi connectivity index (χ4n) is 3.19. The van der Waals surface area contributed by atoms with E-state index in [4.69, 9.17) is 0 Å². The molecule has 0 spiro atoms. The van der Waals surface area contributed by atoms with Crippen molar-refractivity contribution < 1.29 is 14.0 Å². The quantitative estimate of drug-likeness (QED) is 0.674. The van der Waals surface area contributed by atoms with Gasteiger partial charge >= 0.3 is 6.03 Å². The van der Waals surface area contributed by atoms with Crippen LogP contribution in [0.4, 0.5) is 20.6 Å². The van der Waals surface area contributed by atoms with Crippen LogP contribution in [-0.2, 0) is 13.0 Å². The van der Waals surface area contributed by atoms with Crippen LogP contribution >= 0.6 is 11.3 Å². The van der Waals surface area contributed by atoms with E-state index < -0.39 is 6.03 Å². The predicted octanol–water partition coefficient (Wildman–Crippen LogP) is 4.73. The van der Waals surface area contributed by atoms with E-state index in [9.17, 15) is 14.0 Å². The second-order valence-corrected chi connectivity index (χ2v) is 7.47. The first kappa shape index (κ1) is 18.2. The van der Waals surface area contributed by atoms with Gasteiger partial charge in [-0.1, -0.05) is 12.1 Å². The summed E-state index contributed by atoms with van der Waals surface area (Å²) in [5.74, 6) is -0.324. The van der Waals surface area contributed by atoms with Crippen LogP contribution in [-0.4, -0.2) is 23.4 Å². The maximum absolute atomic E-state index is 13.0. The number of nitrogens with zero attached hydrogens (tertiary/aromatic N) is 1. The zero-order valence-corrected chi connectivity index (χ0v) is 15.8. The maximum Gasteiger partial charge on any atom is 0.323 e. The summed E-state index contributed by atoms with van der Waals surface area (Å²) < 4.78 is 13.0. The molecular weight excluding hydrogens is 377 g/mol. The first-order valence-electron chi connectivity index (χ1n) is 8.86. The molecule has 2 aromatic carbocycles. The van der Waals surface area contributed by atoms with Gasteiger partial charge in [0, 0.05) is 24.5 Å². The summed E-state index contributed by atoms with van der Waals surface area (Å²) in [6.45, 7) is 1.20. The topological polar surface area (TPSA) is 61.4 Å². The Kier molecular flexibility index (Phi) is 5.08. The lowest BCUT2D eigenvalue weighted by atomic mass is 9.99. The molecule has 7 heteroatoms. The van der Waals surface area contributed by atoms with Crippen molar-refractivity contribution in [2.45, 2.75) is 13.0 Å². The number of fused-ring (bicyclic) bond motifs is 1. The second-order valence-electron chi connectivity index (χ2n) is 6.52. The van der Waals surface area contributed by atoms with Crippen molar-refractivity contribution in [3.05, 3.63) is 81.8 Å². The molecule has 0 saturated carbocycles. The van der Waals surface area contributed by atoms with Crippen molar-refractivity contribution >= 4 is 34.6 Å². The van der Waals surface area contributed by atoms with Gasteiger partial charge in [0.05, 0.1) is 4.88 Å². The molecule has 3 amide bonds. The number of anilines is 2. The molecule has 0 aliphatic carbocycles. The van der Waals surface area contributed by atoms with Crippen LogP contribution in [0.2, 0.25) is 0 Å². The van der Waals surface area contributed by atoms with Crippen molar-refractivity contribution in [3.63, 3.8) is 0 Å². The molecule has 1 aromatic heterocycles. The van der Waals surface area contributed by atoms with Crippen LogP contribution in [0.15, 0.2) is 60.0 Å².